The Morgan fingerprint density at radius 3 is 2.35 bits per heavy atom. The second-order valence-electron chi connectivity index (χ2n) is 3.66. The van der Waals surface area contributed by atoms with E-state index in [0.29, 0.717) is 5.56 Å². The Bertz CT molecular complexity index is 354. The van der Waals surface area contributed by atoms with Crippen LogP contribution in [-0.2, 0) is 11.3 Å². The van der Waals surface area contributed by atoms with Gasteiger partial charge in [0.05, 0.1) is 19.8 Å². The first-order valence-electron chi connectivity index (χ1n) is 5.10. The highest BCUT2D eigenvalue weighted by Gasteiger charge is 2.15. The van der Waals surface area contributed by atoms with Crippen LogP contribution in [0.25, 0.3) is 0 Å². The van der Waals surface area contributed by atoms with Gasteiger partial charge in [-0.1, -0.05) is 6.07 Å². The van der Waals surface area contributed by atoms with Crippen molar-refractivity contribution in [2.75, 3.05) is 13.2 Å². The van der Waals surface area contributed by atoms with Crippen molar-refractivity contribution in [1.29, 1.82) is 0 Å². The van der Waals surface area contributed by atoms with Crippen LogP contribution in [0, 0.1) is 0 Å². The van der Waals surface area contributed by atoms with E-state index in [0.717, 1.165) is 0 Å². The molecule has 6 heteroatoms. The van der Waals surface area contributed by atoms with Gasteiger partial charge in [0.15, 0.2) is 11.5 Å². The molecular formula is C11H16O6. The SMILES string of the molecule is OCC(O)C(O)COCc1ccc(O)c(O)c1. The molecule has 96 valence electrons. The molecule has 1 aromatic carbocycles. The second kappa shape index (κ2) is 6.41. The lowest BCUT2D eigenvalue weighted by atomic mass is 10.2. The Balaban J connectivity index is 2.38. The van der Waals surface area contributed by atoms with E-state index in [9.17, 15) is 10.2 Å². The van der Waals surface area contributed by atoms with Crippen molar-refractivity contribution in [3.05, 3.63) is 23.8 Å². The first kappa shape index (κ1) is 13.7. The number of hydrogen-bond acceptors (Lipinski definition) is 6. The van der Waals surface area contributed by atoms with Gasteiger partial charge in [-0.2, -0.15) is 0 Å². The van der Waals surface area contributed by atoms with Crippen molar-refractivity contribution in [1.82, 2.24) is 0 Å². The quantitative estimate of drug-likeness (QED) is 0.424. The van der Waals surface area contributed by atoms with Crippen molar-refractivity contribution >= 4 is 0 Å². The van der Waals surface area contributed by atoms with Crippen molar-refractivity contribution in [2.45, 2.75) is 18.8 Å². The minimum absolute atomic E-state index is 0.114. The molecule has 0 saturated carbocycles. The highest BCUT2D eigenvalue weighted by molar-refractivity contribution is 5.40. The zero-order chi connectivity index (χ0) is 12.8. The highest BCUT2D eigenvalue weighted by atomic mass is 16.5. The van der Waals surface area contributed by atoms with Gasteiger partial charge in [0.2, 0.25) is 0 Å². The molecule has 5 N–H and O–H groups in total. The summed E-state index contributed by atoms with van der Waals surface area (Å²) < 4.78 is 5.09. The average molecular weight is 244 g/mol. The second-order valence-corrected chi connectivity index (χ2v) is 3.66. The molecule has 0 bridgehead atoms. The fraction of sp³-hybridized carbons (Fsp3) is 0.455. The molecule has 1 rings (SSSR count). The fourth-order valence-electron chi connectivity index (χ4n) is 1.19. The molecule has 0 aliphatic rings. The predicted octanol–water partition coefficient (Wildman–Crippen LogP) is -0.672. The number of phenolic OH excluding ortho intramolecular Hbond substituents is 2. The van der Waals surface area contributed by atoms with Crippen molar-refractivity contribution in [2.24, 2.45) is 0 Å². The number of aliphatic hydroxyl groups is 3. The summed E-state index contributed by atoms with van der Waals surface area (Å²) in [7, 11) is 0. The van der Waals surface area contributed by atoms with Crippen LogP contribution in [0.3, 0.4) is 0 Å². The molecular weight excluding hydrogens is 228 g/mol. The lowest BCUT2D eigenvalue weighted by molar-refractivity contribution is -0.0601. The number of phenols is 2. The summed E-state index contributed by atoms with van der Waals surface area (Å²) in [6, 6.07) is 4.22. The topological polar surface area (TPSA) is 110 Å². The van der Waals surface area contributed by atoms with Crippen LogP contribution >= 0.6 is 0 Å². The standard InChI is InChI=1S/C11H16O6/c12-4-10(15)11(16)6-17-5-7-1-2-8(13)9(14)3-7/h1-3,10-16H,4-6H2. The van der Waals surface area contributed by atoms with E-state index in [2.05, 4.69) is 0 Å². The zero-order valence-electron chi connectivity index (χ0n) is 9.15. The molecule has 0 aromatic heterocycles. The smallest absolute Gasteiger partial charge is 0.157 e. The summed E-state index contributed by atoms with van der Waals surface area (Å²) in [5.74, 6) is -0.466. The van der Waals surface area contributed by atoms with Gasteiger partial charge in [0.1, 0.15) is 12.2 Å². The van der Waals surface area contributed by atoms with E-state index >= 15 is 0 Å². The molecule has 0 radical (unpaired) electrons. The summed E-state index contributed by atoms with van der Waals surface area (Å²) in [6.45, 7) is -0.559. The van der Waals surface area contributed by atoms with E-state index < -0.39 is 18.8 Å². The van der Waals surface area contributed by atoms with Crippen LogP contribution in [0.4, 0.5) is 0 Å². The van der Waals surface area contributed by atoms with Crippen LogP contribution in [0.5, 0.6) is 11.5 Å². The Kier molecular flexibility index (Phi) is 5.17. The molecule has 0 saturated heterocycles. The van der Waals surface area contributed by atoms with E-state index in [1.54, 1.807) is 6.07 Å². The molecule has 0 aliphatic carbocycles. The third-order valence-electron chi connectivity index (χ3n) is 2.23. The Morgan fingerprint density at radius 2 is 1.76 bits per heavy atom. The van der Waals surface area contributed by atoms with Crippen molar-refractivity contribution in [3.8, 4) is 11.5 Å². The minimum atomic E-state index is -1.23. The third-order valence-corrected chi connectivity index (χ3v) is 2.23. The van der Waals surface area contributed by atoms with Crippen molar-refractivity contribution in [3.63, 3.8) is 0 Å². The molecule has 17 heavy (non-hydrogen) atoms. The Morgan fingerprint density at radius 1 is 1.06 bits per heavy atom. The van der Waals surface area contributed by atoms with Gasteiger partial charge >= 0.3 is 0 Å². The van der Waals surface area contributed by atoms with Crippen molar-refractivity contribution < 1.29 is 30.3 Å². The molecule has 0 heterocycles. The molecule has 0 aliphatic heterocycles. The molecule has 1 aromatic rings. The predicted molar refractivity (Wildman–Crippen MR) is 58.5 cm³/mol. The minimum Gasteiger partial charge on any atom is -0.504 e. The molecule has 6 nitrogen and oxygen atoms in total. The summed E-state index contributed by atoms with van der Waals surface area (Å²) in [5.41, 5.74) is 0.617. The summed E-state index contributed by atoms with van der Waals surface area (Å²) in [6.07, 6.45) is -2.39. The molecule has 0 fully saturated rings. The summed E-state index contributed by atoms with van der Waals surface area (Å²) >= 11 is 0. The lowest BCUT2D eigenvalue weighted by Gasteiger charge is -2.15. The largest absolute Gasteiger partial charge is 0.504 e. The van der Waals surface area contributed by atoms with Crippen LogP contribution in [0.1, 0.15) is 5.56 Å². The van der Waals surface area contributed by atoms with Gasteiger partial charge in [-0.15, -0.1) is 0 Å². The molecule has 2 atom stereocenters. The molecule has 2 unspecified atom stereocenters. The zero-order valence-corrected chi connectivity index (χ0v) is 9.15. The van der Waals surface area contributed by atoms with E-state index in [1.807, 2.05) is 0 Å². The van der Waals surface area contributed by atoms with Crippen LogP contribution < -0.4 is 0 Å². The van der Waals surface area contributed by atoms with Crippen LogP contribution in [0.2, 0.25) is 0 Å². The third kappa shape index (κ3) is 4.20. The van der Waals surface area contributed by atoms with E-state index in [-0.39, 0.29) is 24.7 Å². The number of aromatic hydroxyl groups is 2. The van der Waals surface area contributed by atoms with Gasteiger partial charge in [-0.3, -0.25) is 0 Å². The number of rotatable bonds is 6. The van der Waals surface area contributed by atoms with Gasteiger partial charge in [-0.05, 0) is 17.7 Å². The average Bonchev–Trinajstić information content (AvgIpc) is 2.32. The van der Waals surface area contributed by atoms with E-state index in [1.165, 1.54) is 12.1 Å². The van der Waals surface area contributed by atoms with Gasteiger partial charge < -0.3 is 30.3 Å². The number of hydrogen-bond donors (Lipinski definition) is 5. The number of aliphatic hydroxyl groups excluding tert-OH is 3. The first-order valence-corrected chi connectivity index (χ1v) is 5.10. The normalized spacial score (nSPS) is 14.5. The first-order chi connectivity index (χ1) is 8.04. The van der Waals surface area contributed by atoms with Crippen LogP contribution in [0.15, 0.2) is 18.2 Å². The monoisotopic (exact) mass is 244 g/mol. The molecule has 0 amide bonds. The maximum Gasteiger partial charge on any atom is 0.157 e. The van der Waals surface area contributed by atoms with Gasteiger partial charge in [0.25, 0.3) is 0 Å². The van der Waals surface area contributed by atoms with E-state index in [4.69, 9.17) is 20.1 Å². The summed E-state index contributed by atoms with van der Waals surface area (Å²) in [4.78, 5) is 0. The molecule has 0 spiro atoms. The Hall–Kier alpha value is -1.34. The van der Waals surface area contributed by atoms with Gasteiger partial charge in [0, 0.05) is 0 Å². The lowest BCUT2D eigenvalue weighted by Crippen LogP contribution is -2.33. The Labute approximate surface area is 98.3 Å². The highest BCUT2D eigenvalue weighted by Crippen LogP contribution is 2.25. The van der Waals surface area contributed by atoms with Gasteiger partial charge in [-0.25, -0.2) is 0 Å². The number of benzene rings is 1. The number of ether oxygens (including phenoxy) is 1. The summed E-state index contributed by atoms with van der Waals surface area (Å²) in [5, 5.41) is 45.2. The van der Waals surface area contributed by atoms with Crippen LogP contribution in [-0.4, -0.2) is 51.0 Å². The maximum atomic E-state index is 9.27. The maximum absolute atomic E-state index is 9.27. The fourth-order valence-corrected chi connectivity index (χ4v) is 1.19.